The molecule has 5 heteroatoms. The van der Waals surface area contributed by atoms with E-state index in [1.54, 1.807) is 13.2 Å². The Kier molecular flexibility index (Phi) is 4.99. The van der Waals surface area contributed by atoms with Gasteiger partial charge in [0.2, 0.25) is 12.3 Å². The fraction of sp³-hybridized carbons (Fsp3) is 0.294. The van der Waals surface area contributed by atoms with E-state index in [-0.39, 0.29) is 12.5 Å². The molecule has 1 aromatic carbocycles. The van der Waals surface area contributed by atoms with Crippen LogP contribution in [0.3, 0.4) is 0 Å². The van der Waals surface area contributed by atoms with E-state index >= 15 is 0 Å². The van der Waals surface area contributed by atoms with Crippen molar-refractivity contribution in [2.24, 2.45) is 0 Å². The molecule has 2 amide bonds. The highest BCUT2D eigenvalue weighted by Crippen LogP contribution is 2.26. The summed E-state index contributed by atoms with van der Waals surface area (Å²) >= 11 is 0. The SMILES string of the molecule is C=Cn1c(C)c(CCNC(=O)CN(C)C=O)c2ccccc21. The Morgan fingerprint density at radius 1 is 1.41 bits per heavy atom. The highest BCUT2D eigenvalue weighted by Gasteiger charge is 2.12. The fourth-order valence-electron chi connectivity index (χ4n) is 2.66. The summed E-state index contributed by atoms with van der Waals surface area (Å²) in [5.41, 5.74) is 3.46. The number of nitrogens with zero attached hydrogens (tertiary/aromatic N) is 2. The van der Waals surface area contributed by atoms with Crippen molar-refractivity contribution >= 4 is 29.4 Å². The van der Waals surface area contributed by atoms with E-state index in [0.717, 1.165) is 17.6 Å². The molecule has 0 unspecified atom stereocenters. The zero-order valence-electron chi connectivity index (χ0n) is 13.0. The van der Waals surface area contributed by atoms with Crippen LogP contribution in [0.15, 0.2) is 30.8 Å². The van der Waals surface area contributed by atoms with E-state index in [0.29, 0.717) is 13.0 Å². The quantitative estimate of drug-likeness (QED) is 0.793. The number of amides is 2. The van der Waals surface area contributed by atoms with Crippen LogP contribution in [0, 0.1) is 6.92 Å². The van der Waals surface area contributed by atoms with Crippen LogP contribution in [0.4, 0.5) is 0 Å². The molecule has 0 radical (unpaired) electrons. The van der Waals surface area contributed by atoms with Crippen molar-refractivity contribution in [3.63, 3.8) is 0 Å². The van der Waals surface area contributed by atoms with Gasteiger partial charge in [0.15, 0.2) is 0 Å². The lowest BCUT2D eigenvalue weighted by molar-refractivity contribution is -0.127. The fourth-order valence-corrected chi connectivity index (χ4v) is 2.66. The maximum atomic E-state index is 11.7. The Bertz CT molecular complexity index is 703. The number of hydrogen-bond acceptors (Lipinski definition) is 2. The molecular formula is C17H21N3O2. The lowest BCUT2D eigenvalue weighted by Crippen LogP contribution is -2.35. The van der Waals surface area contributed by atoms with Crippen LogP contribution in [-0.2, 0) is 16.0 Å². The summed E-state index contributed by atoms with van der Waals surface area (Å²) in [7, 11) is 1.58. The smallest absolute Gasteiger partial charge is 0.239 e. The molecule has 0 aliphatic heterocycles. The molecule has 0 bridgehead atoms. The Morgan fingerprint density at radius 3 is 2.82 bits per heavy atom. The van der Waals surface area contributed by atoms with Crippen LogP contribution in [0.1, 0.15) is 11.3 Å². The van der Waals surface area contributed by atoms with Gasteiger partial charge in [-0.05, 0) is 25.0 Å². The van der Waals surface area contributed by atoms with Gasteiger partial charge in [-0.1, -0.05) is 24.8 Å². The molecule has 116 valence electrons. The number of carbonyl (C=O) groups is 2. The number of rotatable bonds is 7. The van der Waals surface area contributed by atoms with Crippen molar-refractivity contribution in [3.05, 3.63) is 42.1 Å². The number of aromatic nitrogens is 1. The van der Waals surface area contributed by atoms with E-state index < -0.39 is 0 Å². The molecule has 5 nitrogen and oxygen atoms in total. The number of carbonyl (C=O) groups excluding carboxylic acids is 2. The van der Waals surface area contributed by atoms with E-state index in [2.05, 4.69) is 35.5 Å². The predicted octanol–water partition coefficient (Wildman–Crippen LogP) is 1.80. The zero-order chi connectivity index (χ0) is 16.1. The molecule has 0 saturated carbocycles. The van der Waals surface area contributed by atoms with Crippen molar-refractivity contribution < 1.29 is 9.59 Å². The first-order valence-electron chi connectivity index (χ1n) is 7.21. The first kappa shape index (κ1) is 15.8. The van der Waals surface area contributed by atoms with Crippen LogP contribution >= 0.6 is 0 Å². The molecule has 0 spiro atoms. The molecule has 1 N–H and O–H groups in total. The van der Waals surface area contributed by atoms with Gasteiger partial charge < -0.3 is 14.8 Å². The summed E-state index contributed by atoms with van der Waals surface area (Å²) in [6.07, 6.45) is 3.18. The van der Waals surface area contributed by atoms with Crippen molar-refractivity contribution in [3.8, 4) is 0 Å². The molecule has 2 rings (SSSR count). The van der Waals surface area contributed by atoms with E-state index in [1.165, 1.54) is 15.8 Å². The normalized spacial score (nSPS) is 10.5. The average molecular weight is 299 g/mol. The van der Waals surface area contributed by atoms with Gasteiger partial charge in [0.25, 0.3) is 0 Å². The molecule has 22 heavy (non-hydrogen) atoms. The third-order valence-electron chi connectivity index (χ3n) is 3.74. The van der Waals surface area contributed by atoms with Crippen LogP contribution in [0.5, 0.6) is 0 Å². The van der Waals surface area contributed by atoms with Gasteiger partial charge in [-0.3, -0.25) is 9.59 Å². The third-order valence-corrected chi connectivity index (χ3v) is 3.74. The Balaban J connectivity index is 2.09. The number of likely N-dealkylation sites (N-methyl/N-ethyl adjacent to an activating group) is 1. The highest BCUT2D eigenvalue weighted by atomic mass is 16.2. The molecule has 0 saturated heterocycles. The van der Waals surface area contributed by atoms with Crippen LogP contribution in [-0.4, -0.2) is 41.9 Å². The maximum absolute atomic E-state index is 11.7. The summed E-state index contributed by atoms with van der Waals surface area (Å²) in [5, 5.41) is 4.02. The molecule has 0 aliphatic carbocycles. The monoisotopic (exact) mass is 299 g/mol. The molecular weight excluding hydrogens is 278 g/mol. The lowest BCUT2D eigenvalue weighted by atomic mass is 10.1. The maximum Gasteiger partial charge on any atom is 0.239 e. The molecule has 0 atom stereocenters. The molecule has 0 aliphatic rings. The van der Waals surface area contributed by atoms with Crippen molar-refractivity contribution in [1.82, 2.24) is 14.8 Å². The topological polar surface area (TPSA) is 54.3 Å². The Hall–Kier alpha value is -2.56. The molecule has 1 heterocycles. The largest absolute Gasteiger partial charge is 0.354 e. The van der Waals surface area contributed by atoms with Gasteiger partial charge in [0.1, 0.15) is 0 Å². The number of hydrogen-bond donors (Lipinski definition) is 1. The van der Waals surface area contributed by atoms with Crippen LogP contribution in [0.2, 0.25) is 0 Å². The number of benzene rings is 1. The number of para-hydroxylation sites is 1. The average Bonchev–Trinajstić information content (AvgIpc) is 2.79. The summed E-state index contributed by atoms with van der Waals surface area (Å²) < 4.78 is 2.06. The van der Waals surface area contributed by atoms with Crippen molar-refractivity contribution in [2.45, 2.75) is 13.3 Å². The lowest BCUT2D eigenvalue weighted by Gasteiger charge is -2.10. The first-order valence-corrected chi connectivity index (χ1v) is 7.21. The third kappa shape index (κ3) is 3.19. The van der Waals surface area contributed by atoms with Gasteiger partial charge in [0, 0.05) is 30.9 Å². The minimum atomic E-state index is -0.153. The predicted molar refractivity (Wildman–Crippen MR) is 88.5 cm³/mol. The molecule has 1 aromatic heterocycles. The zero-order valence-corrected chi connectivity index (χ0v) is 13.0. The van der Waals surface area contributed by atoms with Gasteiger partial charge >= 0.3 is 0 Å². The Labute approximate surface area is 130 Å². The first-order chi connectivity index (χ1) is 10.6. The van der Waals surface area contributed by atoms with E-state index in [1.807, 2.05) is 12.1 Å². The number of nitrogens with one attached hydrogen (secondary N) is 1. The van der Waals surface area contributed by atoms with E-state index in [4.69, 9.17) is 0 Å². The minimum absolute atomic E-state index is 0.0803. The standard InChI is InChI=1S/C17H21N3O2/c1-4-20-13(2)14(15-7-5-6-8-16(15)20)9-10-18-17(22)11-19(3)12-21/h4-8,12H,1,9-11H2,2-3H3,(H,18,22). The van der Waals surface area contributed by atoms with Gasteiger partial charge in [0.05, 0.1) is 12.1 Å². The van der Waals surface area contributed by atoms with Crippen molar-refractivity contribution in [1.29, 1.82) is 0 Å². The summed E-state index contributed by atoms with van der Waals surface area (Å²) in [5.74, 6) is -0.153. The van der Waals surface area contributed by atoms with Gasteiger partial charge in [-0.2, -0.15) is 0 Å². The Morgan fingerprint density at radius 2 is 2.14 bits per heavy atom. The number of fused-ring (bicyclic) bond motifs is 1. The van der Waals surface area contributed by atoms with Gasteiger partial charge in [-0.15, -0.1) is 0 Å². The summed E-state index contributed by atoms with van der Waals surface area (Å²) in [4.78, 5) is 23.5. The highest BCUT2D eigenvalue weighted by molar-refractivity contribution is 5.87. The van der Waals surface area contributed by atoms with Gasteiger partial charge in [-0.25, -0.2) is 0 Å². The van der Waals surface area contributed by atoms with Crippen LogP contribution in [0.25, 0.3) is 17.1 Å². The van der Waals surface area contributed by atoms with Crippen molar-refractivity contribution in [2.75, 3.05) is 20.1 Å². The minimum Gasteiger partial charge on any atom is -0.354 e. The molecule has 2 aromatic rings. The van der Waals surface area contributed by atoms with E-state index in [9.17, 15) is 9.59 Å². The second-order valence-electron chi connectivity index (χ2n) is 5.25. The molecule has 0 fully saturated rings. The summed E-state index contributed by atoms with van der Waals surface area (Å²) in [6.45, 7) is 6.53. The second-order valence-corrected chi connectivity index (χ2v) is 5.25. The second kappa shape index (κ2) is 6.93. The van der Waals surface area contributed by atoms with Crippen LogP contribution < -0.4 is 5.32 Å². The summed E-state index contributed by atoms with van der Waals surface area (Å²) in [6, 6.07) is 8.16.